The molecule has 0 aromatic heterocycles. The number of thioether (sulfide) groups is 1. The molecule has 0 atom stereocenters. The van der Waals surface area contributed by atoms with Crippen molar-refractivity contribution >= 4 is 46.1 Å². The number of benzene rings is 2. The summed E-state index contributed by atoms with van der Waals surface area (Å²) in [7, 11) is 0. The van der Waals surface area contributed by atoms with Crippen LogP contribution in [0.1, 0.15) is 18.1 Å². The number of ether oxygens (including phenoxy) is 1. The summed E-state index contributed by atoms with van der Waals surface area (Å²) in [4.78, 5) is 17.3. The van der Waals surface area contributed by atoms with E-state index in [9.17, 15) is 15.0 Å². The fraction of sp³-hybridized carbons (Fsp3) is 0.143. The Morgan fingerprint density at radius 3 is 2.75 bits per heavy atom. The maximum atomic E-state index is 12.4. The van der Waals surface area contributed by atoms with Gasteiger partial charge in [0.15, 0.2) is 0 Å². The minimum Gasteiger partial charge on any atom is -0.507 e. The first kappa shape index (κ1) is 20.0. The van der Waals surface area contributed by atoms with Crippen molar-refractivity contribution in [1.29, 1.82) is 0 Å². The van der Waals surface area contributed by atoms with Gasteiger partial charge >= 0.3 is 5.97 Å². The second kappa shape index (κ2) is 8.54. The lowest BCUT2D eigenvalue weighted by Gasteiger charge is -2.04. The maximum Gasteiger partial charge on any atom is 0.344 e. The van der Waals surface area contributed by atoms with E-state index in [0.29, 0.717) is 26.2 Å². The number of rotatable bonds is 4. The lowest BCUT2D eigenvalue weighted by atomic mass is 10.1. The summed E-state index contributed by atoms with van der Waals surface area (Å²) in [6, 6.07) is 12.0. The molecular formula is C21H18ClNO4S. The third kappa shape index (κ3) is 4.40. The molecule has 3 rings (SSSR count). The van der Waals surface area contributed by atoms with Gasteiger partial charge < -0.3 is 14.9 Å². The Bertz CT molecular complexity index is 1030. The molecular weight excluding hydrogens is 398 g/mol. The summed E-state index contributed by atoms with van der Waals surface area (Å²) in [6.45, 7) is 3.75. The molecule has 1 aliphatic heterocycles. The maximum absolute atomic E-state index is 12.4. The van der Waals surface area contributed by atoms with E-state index >= 15 is 0 Å². The van der Waals surface area contributed by atoms with Gasteiger partial charge in [0, 0.05) is 10.6 Å². The van der Waals surface area contributed by atoms with Crippen LogP contribution in [0.2, 0.25) is 5.02 Å². The van der Waals surface area contributed by atoms with E-state index < -0.39 is 5.97 Å². The van der Waals surface area contributed by atoms with Crippen LogP contribution in [-0.2, 0) is 9.53 Å². The van der Waals surface area contributed by atoms with Crippen molar-refractivity contribution in [3.05, 3.63) is 74.9 Å². The van der Waals surface area contributed by atoms with Crippen LogP contribution in [0.3, 0.4) is 0 Å². The molecule has 0 fully saturated rings. The third-order valence-electron chi connectivity index (χ3n) is 3.88. The second-order valence-electron chi connectivity index (χ2n) is 6.01. The summed E-state index contributed by atoms with van der Waals surface area (Å²) >= 11 is 7.13. The Balaban J connectivity index is 2.08. The average Bonchev–Trinajstić information content (AvgIpc) is 2.93. The first-order valence-corrected chi connectivity index (χ1v) is 9.73. The van der Waals surface area contributed by atoms with Crippen LogP contribution in [0.25, 0.3) is 6.08 Å². The first-order chi connectivity index (χ1) is 13.4. The number of aliphatic hydroxyl groups is 1. The third-order valence-corrected chi connectivity index (χ3v) is 5.13. The van der Waals surface area contributed by atoms with Gasteiger partial charge in [-0.25, -0.2) is 9.79 Å². The number of phenols is 1. The van der Waals surface area contributed by atoms with Gasteiger partial charge in [-0.15, -0.1) is 0 Å². The molecule has 28 heavy (non-hydrogen) atoms. The Labute approximate surface area is 172 Å². The van der Waals surface area contributed by atoms with Crippen molar-refractivity contribution in [3.8, 4) is 5.75 Å². The van der Waals surface area contributed by atoms with Crippen LogP contribution in [0.4, 0.5) is 5.69 Å². The smallest absolute Gasteiger partial charge is 0.344 e. The number of carbonyl (C=O) groups is 1. The van der Waals surface area contributed by atoms with Crippen molar-refractivity contribution in [1.82, 2.24) is 0 Å². The zero-order chi connectivity index (χ0) is 20.3. The number of nitrogens with zero attached hydrogens (tertiary/aromatic N) is 1. The van der Waals surface area contributed by atoms with Gasteiger partial charge in [0.1, 0.15) is 22.1 Å². The van der Waals surface area contributed by atoms with Crippen molar-refractivity contribution in [2.24, 2.45) is 4.99 Å². The lowest BCUT2D eigenvalue weighted by molar-refractivity contribution is -0.138. The molecule has 7 heteroatoms. The predicted molar refractivity (Wildman–Crippen MR) is 113 cm³/mol. The molecule has 2 aromatic rings. The number of halogens is 1. The van der Waals surface area contributed by atoms with Crippen LogP contribution < -0.4 is 0 Å². The number of esters is 1. The van der Waals surface area contributed by atoms with Crippen molar-refractivity contribution in [2.75, 3.05) is 6.61 Å². The minimum absolute atomic E-state index is 0.00906. The molecule has 0 spiro atoms. The first-order valence-electron chi connectivity index (χ1n) is 8.53. The van der Waals surface area contributed by atoms with Gasteiger partial charge in [-0.3, -0.25) is 0 Å². The molecule has 1 aliphatic rings. The van der Waals surface area contributed by atoms with Gasteiger partial charge in [0.2, 0.25) is 0 Å². The van der Waals surface area contributed by atoms with Crippen LogP contribution in [0.5, 0.6) is 5.75 Å². The summed E-state index contributed by atoms with van der Waals surface area (Å²) < 4.78 is 5.08. The molecule has 5 nitrogen and oxygen atoms in total. The molecule has 0 amide bonds. The summed E-state index contributed by atoms with van der Waals surface area (Å²) in [5, 5.41) is 21.6. The van der Waals surface area contributed by atoms with Gasteiger partial charge in [0.05, 0.1) is 17.2 Å². The van der Waals surface area contributed by atoms with E-state index in [2.05, 4.69) is 4.99 Å². The van der Waals surface area contributed by atoms with E-state index in [1.54, 1.807) is 55.5 Å². The number of phenolic OH excluding ortho intramolecular Hbond substituents is 1. The van der Waals surface area contributed by atoms with Crippen LogP contribution in [0, 0.1) is 6.92 Å². The second-order valence-corrected chi connectivity index (χ2v) is 7.48. The Hall–Kier alpha value is -2.70. The van der Waals surface area contributed by atoms with Crippen molar-refractivity contribution in [2.45, 2.75) is 13.8 Å². The van der Waals surface area contributed by atoms with Crippen molar-refractivity contribution < 1.29 is 19.7 Å². The van der Waals surface area contributed by atoms with Crippen LogP contribution in [-0.4, -0.2) is 27.8 Å². The molecule has 0 bridgehead atoms. The standard InChI is InChI=1S/C21H18ClNO4S/c1-3-27-21(26)18-19(25)17(10-13-9-12(2)7-8-16(13)24)28-20(18)23-15-6-4-5-14(22)11-15/h4-11,24-25H,3H2,1-2H3. The van der Waals surface area contributed by atoms with Crippen LogP contribution in [0.15, 0.2) is 63.7 Å². The molecule has 2 N–H and O–H groups in total. The Morgan fingerprint density at radius 1 is 1.25 bits per heavy atom. The largest absolute Gasteiger partial charge is 0.507 e. The number of carbonyl (C=O) groups excluding carboxylic acids is 1. The molecule has 2 aromatic carbocycles. The molecule has 1 heterocycles. The highest BCUT2D eigenvalue weighted by atomic mass is 35.5. The minimum atomic E-state index is -0.662. The topological polar surface area (TPSA) is 79.1 Å². The molecule has 0 saturated heterocycles. The quantitative estimate of drug-likeness (QED) is 0.640. The fourth-order valence-electron chi connectivity index (χ4n) is 2.59. The SMILES string of the molecule is CCOC(=O)C1=C(O)C(=Cc2cc(C)ccc2O)SC1=Nc1cccc(Cl)c1. The summed E-state index contributed by atoms with van der Waals surface area (Å²) in [6.07, 6.45) is 1.61. The van der Waals surface area contributed by atoms with Gasteiger partial charge in [-0.05, 0) is 50.3 Å². The summed E-state index contributed by atoms with van der Waals surface area (Å²) in [5.74, 6) is -0.820. The van der Waals surface area contributed by atoms with Gasteiger partial charge in [0.25, 0.3) is 0 Å². The van der Waals surface area contributed by atoms with E-state index in [1.807, 2.05) is 6.92 Å². The van der Waals surface area contributed by atoms with Gasteiger partial charge in [-0.2, -0.15) is 0 Å². The number of aromatic hydroxyl groups is 1. The molecule has 0 unspecified atom stereocenters. The monoisotopic (exact) mass is 415 g/mol. The lowest BCUT2D eigenvalue weighted by Crippen LogP contribution is -2.12. The normalized spacial score (nSPS) is 16.8. The molecule has 0 aliphatic carbocycles. The highest BCUT2D eigenvalue weighted by Crippen LogP contribution is 2.41. The van der Waals surface area contributed by atoms with Crippen LogP contribution >= 0.6 is 23.4 Å². The van der Waals surface area contributed by atoms with E-state index in [4.69, 9.17) is 16.3 Å². The Kier molecular flexibility index (Phi) is 6.11. The zero-order valence-corrected chi connectivity index (χ0v) is 16.8. The van der Waals surface area contributed by atoms with E-state index in [1.165, 1.54) is 0 Å². The predicted octanol–water partition coefficient (Wildman–Crippen LogP) is 5.55. The number of aryl methyl sites for hydroxylation is 1. The molecule has 0 saturated carbocycles. The van der Waals surface area contributed by atoms with Gasteiger partial charge in [-0.1, -0.05) is 41.1 Å². The average molecular weight is 416 g/mol. The number of hydrogen-bond acceptors (Lipinski definition) is 6. The van der Waals surface area contributed by atoms with E-state index in [-0.39, 0.29) is 23.7 Å². The number of hydrogen-bond donors (Lipinski definition) is 2. The van der Waals surface area contributed by atoms with E-state index in [0.717, 1.165) is 17.3 Å². The van der Waals surface area contributed by atoms with Crippen molar-refractivity contribution in [3.63, 3.8) is 0 Å². The highest BCUT2D eigenvalue weighted by Gasteiger charge is 2.33. The summed E-state index contributed by atoms with van der Waals surface area (Å²) in [5.41, 5.74) is 2.02. The zero-order valence-electron chi connectivity index (χ0n) is 15.3. The highest BCUT2D eigenvalue weighted by molar-refractivity contribution is 8.18. The molecule has 0 radical (unpaired) electrons. The fourth-order valence-corrected chi connectivity index (χ4v) is 3.80. The molecule has 144 valence electrons. The number of aliphatic imine (C=N–C) groups is 1. The Morgan fingerprint density at radius 2 is 2.04 bits per heavy atom. The number of aliphatic hydroxyl groups excluding tert-OH is 1.